The van der Waals surface area contributed by atoms with Crippen LogP contribution in [0.1, 0.15) is 37.7 Å². The fraction of sp³-hybridized carbons (Fsp3) is 0.462. The maximum absolute atomic E-state index is 11.8. The summed E-state index contributed by atoms with van der Waals surface area (Å²) in [5.41, 5.74) is 7.44. The number of hydrogen-bond acceptors (Lipinski definition) is 2. The Morgan fingerprint density at radius 2 is 2.00 bits per heavy atom. The molecule has 15 heavy (non-hydrogen) atoms. The van der Waals surface area contributed by atoms with Gasteiger partial charge in [-0.1, -0.05) is 19.1 Å². The molecule has 0 bridgehead atoms. The van der Waals surface area contributed by atoms with Gasteiger partial charge in [0.05, 0.1) is 0 Å². The first-order chi connectivity index (χ1) is 7.16. The monoisotopic (exact) mass is 203 g/mol. The quantitative estimate of drug-likeness (QED) is 0.764. The molecule has 2 N–H and O–H groups in total. The number of rotatable bonds is 4. The molecule has 1 fully saturated rings. The van der Waals surface area contributed by atoms with E-state index < -0.39 is 0 Å². The molecular formula is C13H17NO. The van der Waals surface area contributed by atoms with Crippen LogP contribution in [0.5, 0.6) is 0 Å². The summed E-state index contributed by atoms with van der Waals surface area (Å²) in [4.78, 5) is 11.8. The lowest BCUT2D eigenvalue weighted by molar-refractivity contribution is -0.120. The number of ketones is 1. The molecule has 0 aromatic heterocycles. The van der Waals surface area contributed by atoms with Gasteiger partial charge in [-0.3, -0.25) is 4.79 Å². The zero-order valence-electron chi connectivity index (χ0n) is 9.07. The Morgan fingerprint density at radius 1 is 1.40 bits per heavy atom. The Kier molecular flexibility index (Phi) is 2.76. The molecular weight excluding hydrogens is 186 g/mol. The molecule has 1 aliphatic carbocycles. The first-order valence-electron chi connectivity index (χ1n) is 5.55. The van der Waals surface area contributed by atoms with Crippen LogP contribution < -0.4 is 5.73 Å². The first-order valence-corrected chi connectivity index (χ1v) is 5.55. The lowest BCUT2D eigenvalue weighted by Crippen LogP contribution is -2.09. The molecule has 1 aromatic carbocycles. The summed E-state index contributed by atoms with van der Waals surface area (Å²) in [5, 5.41) is 0. The predicted molar refractivity (Wildman–Crippen MR) is 61.6 cm³/mol. The summed E-state index contributed by atoms with van der Waals surface area (Å²) in [6.45, 7) is 1.98. The lowest BCUT2D eigenvalue weighted by Gasteiger charge is -2.10. The van der Waals surface area contributed by atoms with Crippen molar-refractivity contribution < 1.29 is 4.79 Å². The van der Waals surface area contributed by atoms with Crippen molar-refractivity contribution in [3.8, 4) is 0 Å². The highest BCUT2D eigenvalue weighted by atomic mass is 16.1. The standard InChI is InChI=1S/C13H17NO/c1-9(13(15)8-10-2-3-10)11-4-6-12(14)7-5-11/h4-7,9-10H,2-3,8,14H2,1H3. The van der Waals surface area contributed by atoms with Crippen LogP contribution in [0, 0.1) is 5.92 Å². The molecule has 0 heterocycles. The number of nitrogens with two attached hydrogens (primary N) is 1. The second kappa shape index (κ2) is 4.05. The Bertz CT molecular complexity index is 351. The Labute approximate surface area is 90.5 Å². The molecule has 0 saturated heterocycles. The minimum Gasteiger partial charge on any atom is -0.399 e. The third-order valence-electron chi connectivity index (χ3n) is 3.11. The highest BCUT2D eigenvalue weighted by Gasteiger charge is 2.27. The smallest absolute Gasteiger partial charge is 0.140 e. The van der Waals surface area contributed by atoms with Crippen molar-refractivity contribution in [2.24, 2.45) is 5.92 Å². The van der Waals surface area contributed by atoms with Crippen LogP contribution in [0.25, 0.3) is 0 Å². The summed E-state index contributed by atoms with van der Waals surface area (Å²) in [6, 6.07) is 7.61. The molecule has 0 amide bonds. The van der Waals surface area contributed by atoms with E-state index in [1.165, 1.54) is 12.8 Å². The van der Waals surface area contributed by atoms with E-state index >= 15 is 0 Å². The second-order valence-electron chi connectivity index (χ2n) is 4.50. The largest absolute Gasteiger partial charge is 0.399 e. The van der Waals surface area contributed by atoms with Crippen molar-refractivity contribution >= 4 is 11.5 Å². The van der Waals surface area contributed by atoms with Crippen molar-refractivity contribution in [1.82, 2.24) is 0 Å². The van der Waals surface area contributed by atoms with Gasteiger partial charge in [-0.2, -0.15) is 0 Å². The minimum absolute atomic E-state index is 0.0196. The van der Waals surface area contributed by atoms with Gasteiger partial charge in [0.2, 0.25) is 0 Å². The van der Waals surface area contributed by atoms with Gasteiger partial charge < -0.3 is 5.73 Å². The molecule has 0 spiro atoms. The van der Waals surface area contributed by atoms with Crippen molar-refractivity contribution in [1.29, 1.82) is 0 Å². The Hall–Kier alpha value is -1.31. The lowest BCUT2D eigenvalue weighted by atomic mass is 9.93. The van der Waals surface area contributed by atoms with Crippen LogP contribution in [0.15, 0.2) is 24.3 Å². The van der Waals surface area contributed by atoms with E-state index in [2.05, 4.69) is 0 Å². The highest BCUT2D eigenvalue weighted by molar-refractivity contribution is 5.85. The molecule has 1 aromatic rings. The fourth-order valence-electron chi connectivity index (χ4n) is 1.75. The van der Waals surface area contributed by atoms with E-state index in [4.69, 9.17) is 5.73 Å². The number of hydrogen-bond donors (Lipinski definition) is 1. The van der Waals surface area contributed by atoms with Gasteiger partial charge in [0.1, 0.15) is 5.78 Å². The van der Waals surface area contributed by atoms with Crippen LogP contribution in [-0.2, 0) is 4.79 Å². The Morgan fingerprint density at radius 3 is 2.53 bits per heavy atom. The van der Waals surface area contributed by atoms with Crippen LogP contribution >= 0.6 is 0 Å². The van der Waals surface area contributed by atoms with Gasteiger partial charge in [0.25, 0.3) is 0 Å². The van der Waals surface area contributed by atoms with Crippen LogP contribution in [0.2, 0.25) is 0 Å². The average Bonchev–Trinajstić information content (AvgIpc) is 3.02. The highest BCUT2D eigenvalue weighted by Crippen LogP contribution is 2.34. The van der Waals surface area contributed by atoms with Gasteiger partial charge in [-0.05, 0) is 36.5 Å². The van der Waals surface area contributed by atoms with Gasteiger partial charge >= 0.3 is 0 Å². The zero-order chi connectivity index (χ0) is 10.8. The van der Waals surface area contributed by atoms with E-state index in [1.807, 2.05) is 31.2 Å². The van der Waals surface area contributed by atoms with E-state index in [0.717, 1.165) is 17.7 Å². The van der Waals surface area contributed by atoms with Crippen molar-refractivity contribution in [2.75, 3.05) is 5.73 Å². The van der Waals surface area contributed by atoms with Gasteiger partial charge in [0.15, 0.2) is 0 Å². The van der Waals surface area contributed by atoms with Crippen LogP contribution in [0.4, 0.5) is 5.69 Å². The molecule has 80 valence electrons. The maximum Gasteiger partial charge on any atom is 0.140 e. The van der Waals surface area contributed by atoms with Crippen LogP contribution in [0.3, 0.4) is 0 Å². The van der Waals surface area contributed by atoms with E-state index in [9.17, 15) is 4.79 Å². The van der Waals surface area contributed by atoms with Crippen LogP contribution in [-0.4, -0.2) is 5.78 Å². The number of benzene rings is 1. The molecule has 1 atom stereocenters. The second-order valence-corrected chi connectivity index (χ2v) is 4.50. The predicted octanol–water partition coefficient (Wildman–Crippen LogP) is 2.74. The van der Waals surface area contributed by atoms with Crippen molar-refractivity contribution in [2.45, 2.75) is 32.1 Å². The molecule has 0 radical (unpaired) electrons. The first kappa shape index (κ1) is 10.2. The van der Waals surface area contributed by atoms with E-state index in [1.54, 1.807) is 0 Å². The normalized spacial score (nSPS) is 17.4. The number of carbonyl (C=O) groups is 1. The average molecular weight is 203 g/mol. The Balaban J connectivity index is 2.02. The topological polar surface area (TPSA) is 43.1 Å². The number of carbonyl (C=O) groups excluding carboxylic acids is 1. The fourth-order valence-corrected chi connectivity index (χ4v) is 1.75. The van der Waals surface area contributed by atoms with Crippen molar-refractivity contribution in [3.63, 3.8) is 0 Å². The maximum atomic E-state index is 11.8. The van der Waals surface area contributed by atoms with E-state index in [-0.39, 0.29) is 5.92 Å². The summed E-state index contributed by atoms with van der Waals surface area (Å²) in [7, 11) is 0. The van der Waals surface area contributed by atoms with E-state index in [0.29, 0.717) is 11.7 Å². The molecule has 1 unspecified atom stereocenters. The zero-order valence-corrected chi connectivity index (χ0v) is 9.07. The van der Waals surface area contributed by atoms with Crippen molar-refractivity contribution in [3.05, 3.63) is 29.8 Å². The summed E-state index contributed by atoms with van der Waals surface area (Å²) in [5.74, 6) is 1.06. The number of anilines is 1. The number of nitrogen functional groups attached to an aromatic ring is 1. The summed E-state index contributed by atoms with van der Waals surface area (Å²) >= 11 is 0. The third-order valence-corrected chi connectivity index (χ3v) is 3.11. The van der Waals surface area contributed by atoms with Gasteiger partial charge in [0, 0.05) is 18.0 Å². The summed E-state index contributed by atoms with van der Waals surface area (Å²) in [6.07, 6.45) is 3.23. The van der Waals surface area contributed by atoms with Gasteiger partial charge in [-0.15, -0.1) is 0 Å². The third kappa shape index (κ3) is 2.58. The minimum atomic E-state index is 0.0196. The number of Topliss-reactive ketones (excluding diaryl/α,β-unsaturated/α-hetero) is 1. The molecule has 2 heteroatoms. The summed E-state index contributed by atoms with van der Waals surface area (Å²) < 4.78 is 0. The molecule has 2 rings (SSSR count). The SMILES string of the molecule is CC(C(=O)CC1CC1)c1ccc(N)cc1. The molecule has 0 aliphatic heterocycles. The molecule has 1 aliphatic rings. The molecule has 2 nitrogen and oxygen atoms in total. The molecule has 1 saturated carbocycles. The van der Waals surface area contributed by atoms with Gasteiger partial charge in [-0.25, -0.2) is 0 Å².